The van der Waals surface area contributed by atoms with E-state index in [1.54, 1.807) is 12.0 Å². The van der Waals surface area contributed by atoms with E-state index >= 15 is 0 Å². The Morgan fingerprint density at radius 1 is 1.12 bits per heavy atom. The van der Waals surface area contributed by atoms with Crippen LogP contribution in [0.2, 0.25) is 0 Å². The van der Waals surface area contributed by atoms with Gasteiger partial charge in [0.1, 0.15) is 12.3 Å². The molecule has 0 spiro atoms. The number of benzene rings is 1. The van der Waals surface area contributed by atoms with E-state index in [1.165, 1.54) is 37.7 Å². The van der Waals surface area contributed by atoms with Crippen molar-refractivity contribution in [1.82, 2.24) is 0 Å². The number of hydrogen-bond acceptors (Lipinski definition) is 1. The third-order valence-corrected chi connectivity index (χ3v) is 3.94. The molecule has 2 rings (SSSR count). The highest BCUT2D eigenvalue weighted by atomic mass is 16.5. The zero-order chi connectivity index (χ0) is 12.1. The molecule has 1 aliphatic rings. The Bertz CT molecular complexity index is 327. The van der Waals surface area contributed by atoms with Crippen molar-refractivity contribution in [3.05, 3.63) is 29.8 Å². The second kappa shape index (κ2) is 6.06. The Morgan fingerprint density at radius 2 is 1.76 bits per heavy atom. The minimum Gasteiger partial charge on any atom is -0.497 e. The number of hydrogen-bond donors (Lipinski definition) is 1. The maximum absolute atomic E-state index is 5.18. The molecular weight excluding hydrogens is 210 g/mol. The largest absolute Gasteiger partial charge is 0.497 e. The monoisotopic (exact) mass is 234 g/mol. The summed E-state index contributed by atoms with van der Waals surface area (Å²) in [6.07, 6.45) is 7.09. The number of methoxy groups -OCH3 is 1. The van der Waals surface area contributed by atoms with E-state index in [-0.39, 0.29) is 0 Å². The van der Waals surface area contributed by atoms with Crippen LogP contribution in [-0.2, 0) is 6.54 Å². The lowest BCUT2D eigenvalue weighted by Crippen LogP contribution is -3.11. The highest BCUT2D eigenvalue weighted by molar-refractivity contribution is 5.26. The summed E-state index contributed by atoms with van der Waals surface area (Å²) in [5.74, 6) is 0.948. The van der Waals surface area contributed by atoms with Gasteiger partial charge in [0.2, 0.25) is 0 Å². The molecule has 1 aromatic carbocycles. The fourth-order valence-electron chi connectivity index (χ4n) is 2.81. The van der Waals surface area contributed by atoms with E-state index in [1.807, 2.05) is 0 Å². The predicted octanol–water partition coefficient (Wildman–Crippen LogP) is 2.04. The van der Waals surface area contributed by atoms with Gasteiger partial charge in [-0.1, -0.05) is 6.42 Å². The van der Waals surface area contributed by atoms with E-state index in [0.717, 1.165) is 18.3 Å². The summed E-state index contributed by atoms with van der Waals surface area (Å²) in [4.78, 5) is 1.66. The Kier molecular flexibility index (Phi) is 4.43. The number of quaternary nitrogens is 1. The number of nitrogens with one attached hydrogen (secondary N) is 1. The summed E-state index contributed by atoms with van der Waals surface area (Å²) in [5, 5.41) is 0. The summed E-state index contributed by atoms with van der Waals surface area (Å²) in [6.45, 7) is 1.13. The van der Waals surface area contributed by atoms with Gasteiger partial charge in [-0.05, 0) is 49.9 Å². The highest BCUT2D eigenvalue weighted by Crippen LogP contribution is 2.16. The molecule has 0 heterocycles. The van der Waals surface area contributed by atoms with Crippen LogP contribution in [0.3, 0.4) is 0 Å². The molecule has 2 heteroatoms. The van der Waals surface area contributed by atoms with Gasteiger partial charge in [-0.15, -0.1) is 0 Å². The lowest BCUT2D eigenvalue weighted by molar-refractivity contribution is -0.921. The summed E-state index contributed by atoms with van der Waals surface area (Å²) in [6, 6.07) is 9.36. The first-order valence-corrected chi connectivity index (χ1v) is 6.75. The molecule has 1 saturated carbocycles. The first kappa shape index (κ1) is 12.4. The van der Waals surface area contributed by atoms with Crippen molar-refractivity contribution in [2.75, 3.05) is 14.2 Å². The molecular formula is C15H24NO+. The first-order chi connectivity index (χ1) is 8.29. The Labute approximate surface area is 105 Å². The molecule has 94 valence electrons. The van der Waals surface area contributed by atoms with Gasteiger partial charge >= 0.3 is 0 Å². The molecule has 0 saturated heterocycles. The molecule has 1 fully saturated rings. The minimum absolute atomic E-state index is 0.867. The second-order valence-corrected chi connectivity index (χ2v) is 5.21. The van der Waals surface area contributed by atoms with E-state index in [0.29, 0.717) is 0 Å². The molecule has 0 aromatic heterocycles. The first-order valence-electron chi connectivity index (χ1n) is 6.75. The second-order valence-electron chi connectivity index (χ2n) is 5.21. The van der Waals surface area contributed by atoms with Crippen LogP contribution in [0.15, 0.2) is 24.3 Å². The summed E-state index contributed by atoms with van der Waals surface area (Å²) in [7, 11) is 4.05. The molecule has 0 amide bonds. The van der Waals surface area contributed by atoms with Crippen LogP contribution in [0.25, 0.3) is 0 Å². The molecule has 0 aliphatic heterocycles. The van der Waals surface area contributed by atoms with E-state index < -0.39 is 0 Å². The third-order valence-electron chi connectivity index (χ3n) is 3.94. The number of rotatable bonds is 4. The molecule has 0 bridgehead atoms. The van der Waals surface area contributed by atoms with Crippen LogP contribution in [0.1, 0.15) is 37.7 Å². The molecule has 1 aromatic rings. The van der Waals surface area contributed by atoms with E-state index in [2.05, 4.69) is 31.3 Å². The van der Waals surface area contributed by atoms with E-state index in [4.69, 9.17) is 4.74 Å². The minimum atomic E-state index is 0.867. The van der Waals surface area contributed by atoms with Crippen LogP contribution in [0.5, 0.6) is 5.75 Å². The summed E-state index contributed by atoms with van der Waals surface area (Å²) >= 11 is 0. The quantitative estimate of drug-likeness (QED) is 0.842. The van der Waals surface area contributed by atoms with Crippen molar-refractivity contribution in [2.45, 2.75) is 44.7 Å². The molecule has 1 atom stereocenters. The third kappa shape index (κ3) is 3.47. The summed E-state index contributed by atoms with van der Waals surface area (Å²) in [5.41, 5.74) is 1.41. The van der Waals surface area contributed by atoms with E-state index in [9.17, 15) is 0 Å². The normalized spacial score (nSPS) is 18.9. The van der Waals surface area contributed by atoms with Crippen LogP contribution < -0.4 is 9.64 Å². The van der Waals surface area contributed by atoms with Crippen molar-refractivity contribution in [3.63, 3.8) is 0 Å². The molecule has 2 nitrogen and oxygen atoms in total. The van der Waals surface area contributed by atoms with Crippen LogP contribution in [0.4, 0.5) is 0 Å². The van der Waals surface area contributed by atoms with Crippen LogP contribution in [0, 0.1) is 0 Å². The predicted molar refractivity (Wildman–Crippen MR) is 70.5 cm³/mol. The zero-order valence-corrected chi connectivity index (χ0v) is 11.0. The maximum atomic E-state index is 5.18. The topological polar surface area (TPSA) is 13.7 Å². The lowest BCUT2D eigenvalue weighted by Gasteiger charge is -2.28. The fraction of sp³-hybridized carbons (Fsp3) is 0.600. The molecule has 1 aliphatic carbocycles. The van der Waals surface area contributed by atoms with Crippen LogP contribution in [-0.4, -0.2) is 20.2 Å². The molecule has 17 heavy (non-hydrogen) atoms. The maximum Gasteiger partial charge on any atom is 0.118 e. The Hall–Kier alpha value is -1.02. The zero-order valence-electron chi connectivity index (χ0n) is 11.0. The Balaban J connectivity index is 1.89. The van der Waals surface area contributed by atoms with Crippen molar-refractivity contribution in [3.8, 4) is 5.75 Å². The van der Waals surface area contributed by atoms with Crippen molar-refractivity contribution < 1.29 is 9.64 Å². The molecule has 1 unspecified atom stereocenters. The van der Waals surface area contributed by atoms with Gasteiger partial charge in [0.15, 0.2) is 0 Å². The number of ether oxygens (including phenoxy) is 1. The van der Waals surface area contributed by atoms with Crippen molar-refractivity contribution >= 4 is 0 Å². The van der Waals surface area contributed by atoms with Gasteiger partial charge < -0.3 is 9.64 Å². The fourth-order valence-corrected chi connectivity index (χ4v) is 2.81. The van der Waals surface area contributed by atoms with Gasteiger partial charge in [0.05, 0.1) is 20.2 Å². The van der Waals surface area contributed by atoms with Crippen molar-refractivity contribution in [1.29, 1.82) is 0 Å². The lowest BCUT2D eigenvalue weighted by atomic mass is 9.94. The SMILES string of the molecule is COc1ccc(C[NH+](C)C2CCCCC2)cc1. The average Bonchev–Trinajstić information content (AvgIpc) is 2.40. The molecule has 1 N–H and O–H groups in total. The summed E-state index contributed by atoms with van der Waals surface area (Å²) < 4.78 is 5.18. The average molecular weight is 234 g/mol. The van der Waals surface area contributed by atoms with Gasteiger partial charge in [-0.2, -0.15) is 0 Å². The standard InChI is InChI=1S/C15H23NO/c1-16(14-6-4-3-5-7-14)12-13-8-10-15(17-2)11-9-13/h8-11,14H,3-7,12H2,1-2H3/p+1. The van der Waals surface area contributed by atoms with Gasteiger partial charge in [-0.3, -0.25) is 0 Å². The molecule has 0 radical (unpaired) electrons. The van der Waals surface area contributed by atoms with Crippen molar-refractivity contribution in [2.24, 2.45) is 0 Å². The van der Waals surface area contributed by atoms with Gasteiger partial charge in [0.25, 0.3) is 0 Å². The smallest absolute Gasteiger partial charge is 0.118 e. The van der Waals surface area contributed by atoms with Crippen LogP contribution >= 0.6 is 0 Å². The van der Waals surface area contributed by atoms with Gasteiger partial charge in [0, 0.05) is 5.56 Å². The highest BCUT2D eigenvalue weighted by Gasteiger charge is 2.21. The van der Waals surface area contributed by atoms with Gasteiger partial charge in [-0.25, -0.2) is 0 Å². The Morgan fingerprint density at radius 3 is 2.35 bits per heavy atom.